The maximum atomic E-state index is 12.5. The zero-order chi connectivity index (χ0) is 20.1. The fraction of sp³-hybridized carbons (Fsp3) is 0.150. The second kappa shape index (κ2) is 8.26. The zero-order valence-electron chi connectivity index (χ0n) is 14.9. The summed E-state index contributed by atoms with van der Waals surface area (Å²) < 4.78 is 16.0. The van der Waals surface area contributed by atoms with Crippen LogP contribution in [0.3, 0.4) is 0 Å². The molecule has 0 fully saturated rings. The molecule has 1 aliphatic heterocycles. The van der Waals surface area contributed by atoms with Gasteiger partial charge in [0.2, 0.25) is 5.78 Å². The summed E-state index contributed by atoms with van der Waals surface area (Å²) in [5.41, 5.74) is 1.17. The monoisotopic (exact) mass is 383 g/mol. The maximum Gasteiger partial charge on any atom is 0.322 e. The third kappa shape index (κ3) is 4.47. The van der Waals surface area contributed by atoms with Crippen molar-refractivity contribution in [2.75, 3.05) is 20.3 Å². The smallest absolute Gasteiger partial charge is 0.322 e. The van der Waals surface area contributed by atoms with Gasteiger partial charge in [0.05, 0.1) is 12.7 Å². The molecule has 2 aromatic carbocycles. The van der Waals surface area contributed by atoms with Gasteiger partial charge in [-0.2, -0.15) is 0 Å². The summed E-state index contributed by atoms with van der Waals surface area (Å²) in [6.07, 6.45) is 1.63. The summed E-state index contributed by atoms with van der Waals surface area (Å²) in [5, 5.41) is 10.7. The van der Waals surface area contributed by atoms with Gasteiger partial charge in [0, 0.05) is 6.07 Å². The van der Waals surface area contributed by atoms with Crippen LogP contribution in [0.5, 0.6) is 17.2 Å². The van der Waals surface area contributed by atoms with Gasteiger partial charge in [-0.1, -0.05) is 12.1 Å². The molecule has 0 saturated carbocycles. The predicted molar refractivity (Wildman–Crippen MR) is 98.5 cm³/mol. The highest BCUT2D eigenvalue weighted by Crippen LogP contribution is 2.35. The SMILES string of the molecule is COc1ccc(/C=C2\Oc3cc(OCC(=O)NCC(=O)O)ccc3C2=O)cc1. The van der Waals surface area contributed by atoms with E-state index in [-0.39, 0.29) is 18.1 Å². The quantitative estimate of drug-likeness (QED) is 0.702. The molecule has 144 valence electrons. The maximum absolute atomic E-state index is 12.5. The van der Waals surface area contributed by atoms with Crippen LogP contribution < -0.4 is 19.5 Å². The Kier molecular flexibility index (Phi) is 5.59. The lowest BCUT2D eigenvalue weighted by Crippen LogP contribution is -2.33. The van der Waals surface area contributed by atoms with E-state index >= 15 is 0 Å². The number of carbonyl (C=O) groups excluding carboxylic acids is 2. The van der Waals surface area contributed by atoms with Crippen molar-refractivity contribution in [3.63, 3.8) is 0 Å². The van der Waals surface area contributed by atoms with Crippen molar-refractivity contribution in [2.24, 2.45) is 0 Å². The van der Waals surface area contributed by atoms with Crippen molar-refractivity contribution in [2.45, 2.75) is 0 Å². The van der Waals surface area contributed by atoms with Crippen LogP contribution in [0.25, 0.3) is 6.08 Å². The van der Waals surface area contributed by atoms with Crippen LogP contribution in [-0.4, -0.2) is 43.0 Å². The van der Waals surface area contributed by atoms with Gasteiger partial charge >= 0.3 is 5.97 Å². The minimum absolute atomic E-state index is 0.177. The van der Waals surface area contributed by atoms with E-state index in [9.17, 15) is 14.4 Å². The van der Waals surface area contributed by atoms with E-state index in [4.69, 9.17) is 19.3 Å². The Bertz CT molecular complexity index is 948. The number of hydrogen-bond donors (Lipinski definition) is 2. The summed E-state index contributed by atoms with van der Waals surface area (Å²) in [6, 6.07) is 11.8. The van der Waals surface area contributed by atoms with E-state index < -0.39 is 18.4 Å². The number of aliphatic carboxylic acids is 1. The van der Waals surface area contributed by atoms with Crippen molar-refractivity contribution in [1.82, 2.24) is 5.32 Å². The molecule has 0 atom stereocenters. The Labute approximate surface area is 160 Å². The Morgan fingerprint density at radius 2 is 1.86 bits per heavy atom. The van der Waals surface area contributed by atoms with Crippen LogP contribution in [0.4, 0.5) is 0 Å². The lowest BCUT2D eigenvalue weighted by atomic mass is 10.1. The lowest BCUT2D eigenvalue weighted by Gasteiger charge is -2.07. The number of carboxylic acid groups (broad SMARTS) is 1. The Balaban J connectivity index is 1.67. The normalized spacial score (nSPS) is 13.6. The Hall–Kier alpha value is -3.81. The molecular weight excluding hydrogens is 366 g/mol. The molecule has 28 heavy (non-hydrogen) atoms. The number of carbonyl (C=O) groups is 3. The average Bonchev–Trinajstić information content (AvgIpc) is 3.00. The molecule has 1 aliphatic rings. The topological polar surface area (TPSA) is 111 Å². The molecular formula is C20H17NO7. The van der Waals surface area contributed by atoms with Crippen molar-refractivity contribution in [1.29, 1.82) is 0 Å². The third-order valence-corrected chi connectivity index (χ3v) is 3.86. The van der Waals surface area contributed by atoms with E-state index in [0.29, 0.717) is 22.8 Å². The number of ether oxygens (including phenoxy) is 3. The minimum atomic E-state index is -1.14. The van der Waals surface area contributed by atoms with Crippen molar-refractivity contribution < 1.29 is 33.7 Å². The van der Waals surface area contributed by atoms with Gasteiger partial charge in [0.25, 0.3) is 5.91 Å². The number of benzene rings is 2. The number of hydrogen-bond acceptors (Lipinski definition) is 6. The second-order valence-corrected chi connectivity index (χ2v) is 5.83. The predicted octanol–water partition coefficient (Wildman–Crippen LogP) is 1.89. The van der Waals surface area contributed by atoms with Crippen LogP contribution in [0, 0.1) is 0 Å². The van der Waals surface area contributed by atoms with Crippen molar-refractivity contribution in [3.8, 4) is 17.2 Å². The van der Waals surface area contributed by atoms with Gasteiger partial charge < -0.3 is 24.6 Å². The van der Waals surface area contributed by atoms with E-state index in [1.165, 1.54) is 6.07 Å². The van der Waals surface area contributed by atoms with Crippen LogP contribution >= 0.6 is 0 Å². The number of amides is 1. The number of carboxylic acids is 1. The Morgan fingerprint density at radius 1 is 1.14 bits per heavy atom. The number of ketones is 1. The van der Waals surface area contributed by atoms with Gasteiger partial charge in [-0.3, -0.25) is 14.4 Å². The standard InChI is InChI=1S/C20H17NO7/c1-26-13-4-2-12(3-5-13)8-17-20(25)15-7-6-14(9-16(15)28-17)27-11-18(22)21-10-19(23)24/h2-9H,10-11H2,1H3,(H,21,22)(H,23,24)/b17-8-. The molecule has 1 amide bonds. The minimum Gasteiger partial charge on any atom is -0.497 e. The number of rotatable bonds is 7. The first-order chi connectivity index (χ1) is 13.5. The number of nitrogens with one attached hydrogen (secondary N) is 1. The molecule has 8 nitrogen and oxygen atoms in total. The van der Waals surface area contributed by atoms with Gasteiger partial charge in [0.15, 0.2) is 12.4 Å². The van der Waals surface area contributed by atoms with E-state index in [1.54, 1.807) is 49.6 Å². The molecule has 0 unspecified atom stereocenters. The zero-order valence-corrected chi connectivity index (χ0v) is 14.9. The highest BCUT2D eigenvalue weighted by molar-refractivity contribution is 6.14. The van der Waals surface area contributed by atoms with Crippen LogP contribution in [0.1, 0.15) is 15.9 Å². The van der Waals surface area contributed by atoms with Gasteiger partial charge in [-0.05, 0) is 35.9 Å². The first kappa shape index (κ1) is 19.0. The summed E-state index contributed by atoms with van der Waals surface area (Å²) in [5.74, 6) is -0.434. The number of fused-ring (bicyclic) bond motifs is 1. The number of allylic oxidation sites excluding steroid dienone is 1. The summed E-state index contributed by atoms with van der Waals surface area (Å²) in [4.78, 5) is 34.4. The molecule has 3 rings (SSSR count). The number of methoxy groups -OCH3 is 1. The first-order valence-corrected chi connectivity index (χ1v) is 8.30. The largest absolute Gasteiger partial charge is 0.497 e. The van der Waals surface area contributed by atoms with E-state index in [2.05, 4.69) is 5.32 Å². The van der Waals surface area contributed by atoms with Gasteiger partial charge in [0.1, 0.15) is 23.8 Å². The highest BCUT2D eigenvalue weighted by atomic mass is 16.5. The van der Waals surface area contributed by atoms with Crippen LogP contribution in [-0.2, 0) is 9.59 Å². The molecule has 0 aromatic heterocycles. The van der Waals surface area contributed by atoms with Crippen LogP contribution in [0.15, 0.2) is 48.2 Å². The van der Waals surface area contributed by atoms with Gasteiger partial charge in [-0.25, -0.2) is 0 Å². The molecule has 2 aromatic rings. The molecule has 2 N–H and O–H groups in total. The molecule has 0 aliphatic carbocycles. The number of Topliss-reactive ketones (excluding diaryl/α,β-unsaturated/α-hetero) is 1. The molecule has 1 heterocycles. The van der Waals surface area contributed by atoms with Crippen molar-refractivity contribution in [3.05, 3.63) is 59.4 Å². The molecule has 0 saturated heterocycles. The molecule has 0 spiro atoms. The summed E-state index contributed by atoms with van der Waals surface area (Å²) in [6.45, 7) is -0.835. The summed E-state index contributed by atoms with van der Waals surface area (Å²) in [7, 11) is 1.57. The molecule has 0 radical (unpaired) electrons. The Morgan fingerprint density at radius 3 is 2.54 bits per heavy atom. The highest BCUT2D eigenvalue weighted by Gasteiger charge is 2.27. The lowest BCUT2D eigenvalue weighted by molar-refractivity contribution is -0.138. The third-order valence-electron chi connectivity index (χ3n) is 3.86. The van der Waals surface area contributed by atoms with E-state index in [0.717, 1.165) is 5.56 Å². The average molecular weight is 383 g/mol. The van der Waals surface area contributed by atoms with Crippen molar-refractivity contribution >= 4 is 23.7 Å². The fourth-order valence-corrected chi connectivity index (χ4v) is 2.48. The van der Waals surface area contributed by atoms with E-state index in [1.807, 2.05) is 0 Å². The first-order valence-electron chi connectivity index (χ1n) is 8.30. The van der Waals surface area contributed by atoms with Gasteiger partial charge in [-0.15, -0.1) is 0 Å². The molecule has 8 heteroatoms. The fourth-order valence-electron chi connectivity index (χ4n) is 2.48. The van der Waals surface area contributed by atoms with Crippen LogP contribution in [0.2, 0.25) is 0 Å². The molecule has 0 bridgehead atoms. The second-order valence-electron chi connectivity index (χ2n) is 5.83. The summed E-state index contributed by atoms with van der Waals surface area (Å²) >= 11 is 0.